The largest absolute Gasteiger partial charge is 0.481 e. The van der Waals surface area contributed by atoms with Gasteiger partial charge < -0.3 is 14.8 Å². The molecule has 116 valence electrons. The molecule has 0 radical (unpaired) electrons. The average molecular weight is 309 g/mol. The first-order valence-electron chi connectivity index (χ1n) is 7.10. The summed E-state index contributed by atoms with van der Waals surface area (Å²) in [6.07, 6.45) is 1.76. The molecule has 0 fully saturated rings. The van der Waals surface area contributed by atoms with E-state index in [-0.39, 0.29) is 12.5 Å². The molecule has 0 bridgehead atoms. The van der Waals surface area contributed by atoms with E-state index in [1.807, 2.05) is 36.4 Å². The Morgan fingerprint density at radius 3 is 2.70 bits per heavy atom. The Kier molecular flexibility index (Phi) is 4.10. The molecule has 3 rings (SSSR count). The molecule has 1 aliphatic rings. The van der Waals surface area contributed by atoms with Crippen LogP contribution in [0.15, 0.2) is 48.5 Å². The number of nitrogens with one attached hydrogen (secondary N) is 1. The third-order valence-corrected chi connectivity index (χ3v) is 3.50. The molecule has 1 amide bonds. The lowest BCUT2D eigenvalue weighted by Crippen LogP contribution is -2.13. The normalized spacial score (nSPS) is 14.3. The number of anilines is 1. The van der Waals surface area contributed by atoms with E-state index in [1.54, 1.807) is 18.2 Å². The maximum atomic E-state index is 12.2. The number of hydrogen-bond donors (Lipinski definition) is 1. The Balaban J connectivity index is 1.94. The molecule has 0 aromatic heterocycles. The lowest BCUT2D eigenvalue weighted by atomic mass is 10.0. The highest BCUT2D eigenvalue weighted by Gasteiger charge is 2.23. The number of methoxy groups -OCH3 is 1. The number of ether oxygens (including phenoxy) is 2. The molecule has 0 saturated heterocycles. The number of rotatable bonds is 4. The second-order valence-electron chi connectivity index (χ2n) is 4.96. The van der Waals surface area contributed by atoms with Gasteiger partial charge >= 0.3 is 5.97 Å². The van der Waals surface area contributed by atoms with Crippen LogP contribution in [-0.2, 0) is 14.3 Å². The molecule has 0 saturated carbocycles. The van der Waals surface area contributed by atoms with Gasteiger partial charge in [-0.2, -0.15) is 0 Å². The number of hydrogen-bond acceptors (Lipinski definition) is 4. The van der Waals surface area contributed by atoms with Crippen molar-refractivity contribution in [2.45, 2.75) is 0 Å². The van der Waals surface area contributed by atoms with Crippen molar-refractivity contribution >= 4 is 29.2 Å². The van der Waals surface area contributed by atoms with Gasteiger partial charge in [-0.1, -0.05) is 36.4 Å². The number of carbonyl (C=O) groups is 2. The van der Waals surface area contributed by atoms with Gasteiger partial charge in [-0.05, 0) is 18.2 Å². The molecule has 1 heterocycles. The predicted molar refractivity (Wildman–Crippen MR) is 86.9 cm³/mol. The minimum Gasteiger partial charge on any atom is -0.481 e. The maximum Gasteiger partial charge on any atom is 0.343 e. The summed E-state index contributed by atoms with van der Waals surface area (Å²) in [5, 5.41) is 2.82. The molecular formula is C18H15NO4. The summed E-state index contributed by atoms with van der Waals surface area (Å²) in [4.78, 5) is 23.4. The van der Waals surface area contributed by atoms with Crippen molar-refractivity contribution in [1.82, 2.24) is 0 Å². The van der Waals surface area contributed by atoms with Crippen LogP contribution in [0.2, 0.25) is 0 Å². The van der Waals surface area contributed by atoms with Crippen LogP contribution in [0.3, 0.4) is 0 Å². The van der Waals surface area contributed by atoms with Crippen LogP contribution in [0.4, 0.5) is 5.69 Å². The zero-order valence-corrected chi connectivity index (χ0v) is 12.5. The molecule has 0 aliphatic carbocycles. The van der Waals surface area contributed by atoms with Crippen LogP contribution in [0, 0.1) is 0 Å². The topological polar surface area (TPSA) is 64.6 Å². The third-order valence-electron chi connectivity index (χ3n) is 3.50. The monoisotopic (exact) mass is 309 g/mol. The van der Waals surface area contributed by atoms with E-state index < -0.39 is 5.97 Å². The highest BCUT2D eigenvalue weighted by Crippen LogP contribution is 2.34. The van der Waals surface area contributed by atoms with Gasteiger partial charge in [0.2, 0.25) is 0 Å². The molecule has 2 aromatic carbocycles. The van der Waals surface area contributed by atoms with E-state index in [2.05, 4.69) is 10.1 Å². The van der Waals surface area contributed by atoms with Crippen LogP contribution in [0.5, 0.6) is 5.75 Å². The highest BCUT2D eigenvalue weighted by atomic mass is 16.6. The Morgan fingerprint density at radius 2 is 1.87 bits per heavy atom. The molecule has 0 spiro atoms. The molecule has 1 N–H and O–H groups in total. The van der Waals surface area contributed by atoms with E-state index in [0.717, 1.165) is 16.8 Å². The SMILES string of the molecule is COC(=O)COc1ccccc1C=C1C(=O)Nc2ccccc21. The van der Waals surface area contributed by atoms with Gasteiger partial charge in [0.15, 0.2) is 6.61 Å². The zero-order chi connectivity index (χ0) is 16.2. The van der Waals surface area contributed by atoms with Crippen molar-refractivity contribution in [1.29, 1.82) is 0 Å². The maximum absolute atomic E-state index is 12.2. The van der Waals surface area contributed by atoms with Crippen LogP contribution in [0.25, 0.3) is 11.6 Å². The second-order valence-corrected chi connectivity index (χ2v) is 4.96. The van der Waals surface area contributed by atoms with E-state index in [1.165, 1.54) is 7.11 Å². The lowest BCUT2D eigenvalue weighted by Gasteiger charge is -2.08. The van der Waals surface area contributed by atoms with Crippen LogP contribution in [-0.4, -0.2) is 25.6 Å². The minimum absolute atomic E-state index is 0.158. The van der Waals surface area contributed by atoms with Crippen molar-refractivity contribution in [3.05, 3.63) is 59.7 Å². The second kappa shape index (κ2) is 6.36. The number of para-hydroxylation sites is 2. The fourth-order valence-corrected chi connectivity index (χ4v) is 2.36. The van der Waals surface area contributed by atoms with Gasteiger partial charge in [0, 0.05) is 22.4 Å². The molecular weight excluding hydrogens is 294 g/mol. The summed E-state index contributed by atoms with van der Waals surface area (Å²) in [6.45, 7) is -0.181. The quantitative estimate of drug-likeness (QED) is 0.696. The number of amides is 1. The summed E-state index contributed by atoms with van der Waals surface area (Å²) >= 11 is 0. The summed E-state index contributed by atoms with van der Waals surface area (Å²) in [5.41, 5.74) is 2.92. The number of esters is 1. The van der Waals surface area contributed by atoms with E-state index in [0.29, 0.717) is 11.3 Å². The summed E-state index contributed by atoms with van der Waals surface area (Å²) in [7, 11) is 1.30. The van der Waals surface area contributed by atoms with E-state index in [9.17, 15) is 9.59 Å². The molecule has 5 nitrogen and oxygen atoms in total. The van der Waals surface area contributed by atoms with Gasteiger partial charge in [-0.25, -0.2) is 4.79 Å². The molecule has 2 aromatic rings. The van der Waals surface area contributed by atoms with Crippen molar-refractivity contribution in [3.8, 4) is 5.75 Å². The standard InChI is InChI=1S/C18H15NO4/c1-22-17(20)11-23-16-9-5-2-6-12(16)10-14-13-7-3-4-8-15(13)19-18(14)21/h2-10H,11H2,1H3,(H,19,21). The van der Waals surface area contributed by atoms with Crippen molar-refractivity contribution < 1.29 is 19.1 Å². The molecule has 0 atom stereocenters. The number of fused-ring (bicyclic) bond motifs is 1. The van der Waals surface area contributed by atoms with Crippen molar-refractivity contribution in [3.63, 3.8) is 0 Å². The molecule has 5 heteroatoms. The van der Waals surface area contributed by atoms with Gasteiger partial charge in [0.25, 0.3) is 5.91 Å². The predicted octanol–water partition coefficient (Wildman–Crippen LogP) is 2.73. The Morgan fingerprint density at radius 1 is 1.13 bits per heavy atom. The third kappa shape index (κ3) is 3.08. The van der Waals surface area contributed by atoms with Crippen molar-refractivity contribution in [2.24, 2.45) is 0 Å². The summed E-state index contributed by atoms with van der Waals surface area (Å²) < 4.78 is 10.0. The fraction of sp³-hybridized carbons (Fsp3) is 0.111. The molecule has 0 unspecified atom stereocenters. The van der Waals surface area contributed by atoms with Gasteiger partial charge in [0.1, 0.15) is 5.75 Å². The fourth-order valence-electron chi connectivity index (χ4n) is 2.36. The average Bonchev–Trinajstić information content (AvgIpc) is 2.89. The molecule has 23 heavy (non-hydrogen) atoms. The first-order chi connectivity index (χ1) is 11.2. The first kappa shape index (κ1) is 14.8. The summed E-state index contributed by atoms with van der Waals surface area (Å²) in [6, 6.07) is 14.7. The Bertz CT molecular complexity index is 795. The zero-order valence-electron chi connectivity index (χ0n) is 12.5. The Labute approximate surface area is 133 Å². The van der Waals surface area contributed by atoms with Gasteiger partial charge in [-0.15, -0.1) is 0 Å². The van der Waals surface area contributed by atoms with Crippen molar-refractivity contribution in [2.75, 3.05) is 19.0 Å². The highest BCUT2D eigenvalue weighted by molar-refractivity contribution is 6.35. The van der Waals surface area contributed by atoms with Crippen LogP contribution < -0.4 is 10.1 Å². The van der Waals surface area contributed by atoms with Gasteiger partial charge in [0.05, 0.1) is 7.11 Å². The number of carbonyl (C=O) groups excluding carboxylic acids is 2. The smallest absolute Gasteiger partial charge is 0.343 e. The Hall–Kier alpha value is -3.08. The molecule has 1 aliphatic heterocycles. The number of benzene rings is 2. The minimum atomic E-state index is -0.462. The van der Waals surface area contributed by atoms with Crippen LogP contribution >= 0.6 is 0 Å². The summed E-state index contributed by atoms with van der Waals surface area (Å²) in [5.74, 6) is -0.104. The van der Waals surface area contributed by atoms with E-state index >= 15 is 0 Å². The first-order valence-corrected chi connectivity index (χ1v) is 7.10. The van der Waals surface area contributed by atoms with E-state index in [4.69, 9.17) is 4.74 Å². The lowest BCUT2D eigenvalue weighted by molar-refractivity contribution is -0.142. The van der Waals surface area contributed by atoms with Crippen LogP contribution in [0.1, 0.15) is 11.1 Å². The van der Waals surface area contributed by atoms with Gasteiger partial charge in [-0.3, -0.25) is 4.79 Å².